The van der Waals surface area contributed by atoms with Crippen LogP contribution in [0.2, 0.25) is 5.02 Å². The second kappa shape index (κ2) is 9.50. The number of benzene rings is 2. The summed E-state index contributed by atoms with van der Waals surface area (Å²) >= 11 is 7.30. The predicted octanol–water partition coefficient (Wildman–Crippen LogP) is 4.24. The zero-order valence-corrected chi connectivity index (χ0v) is 16.4. The Labute approximate surface area is 162 Å². The fourth-order valence-corrected chi connectivity index (χ4v) is 3.23. The van der Waals surface area contributed by atoms with E-state index in [9.17, 15) is 9.59 Å². The third-order valence-electron chi connectivity index (χ3n) is 3.48. The number of nitrogens with one attached hydrogen (secondary N) is 1. The molecular weight excluding hydrogens is 374 g/mol. The Morgan fingerprint density at radius 1 is 1.15 bits per heavy atom. The van der Waals surface area contributed by atoms with Gasteiger partial charge in [-0.15, -0.1) is 11.8 Å². The first-order valence-corrected chi connectivity index (χ1v) is 9.24. The zero-order chi connectivity index (χ0) is 19.1. The normalized spacial score (nSPS) is 10.3. The summed E-state index contributed by atoms with van der Waals surface area (Å²) in [4.78, 5) is 24.8. The summed E-state index contributed by atoms with van der Waals surface area (Å²) in [6, 6.07) is 10.9. The molecular formula is C19H20ClNO4S. The molecule has 7 heteroatoms. The SMILES string of the molecule is COc1ccc(Cl)cc1NC(=O)COC(=O)CSc1ccc(C)cc1C. The van der Waals surface area contributed by atoms with Gasteiger partial charge in [-0.05, 0) is 43.7 Å². The summed E-state index contributed by atoms with van der Waals surface area (Å²) in [5, 5.41) is 3.08. The van der Waals surface area contributed by atoms with Gasteiger partial charge in [0, 0.05) is 9.92 Å². The molecule has 0 spiro atoms. The monoisotopic (exact) mass is 393 g/mol. The molecule has 0 bridgehead atoms. The molecule has 0 aliphatic carbocycles. The van der Waals surface area contributed by atoms with Crippen LogP contribution < -0.4 is 10.1 Å². The molecule has 0 unspecified atom stereocenters. The molecule has 26 heavy (non-hydrogen) atoms. The van der Waals surface area contributed by atoms with Gasteiger partial charge in [-0.25, -0.2) is 0 Å². The van der Waals surface area contributed by atoms with Crippen molar-refractivity contribution in [1.29, 1.82) is 0 Å². The fourth-order valence-electron chi connectivity index (χ4n) is 2.25. The van der Waals surface area contributed by atoms with E-state index in [2.05, 4.69) is 11.4 Å². The minimum atomic E-state index is -0.463. The van der Waals surface area contributed by atoms with Crippen molar-refractivity contribution in [3.63, 3.8) is 0 Å². The lowest BCUT2D eigenvalue weighted by Crippen LogP contribution is -2.22. The average Bonchev–Trinajstić information content (AvgIpc) is 2.59. The maximum atomic E-state index is 12.0. The van der Waals surface area contributed by atoms with Crippen molar-refractivity contribution in [2.75, 3.05) is 24.8 Å². The molecule has 1 N–H and O–H groups in total. The van der Waals surface area contributed by atoms with Crippen LogP contribution >= 0.6 is 23.4 Å². The molecule has 0 aliphatic rings. The first kappa shape index (κ1) is 20.1. The van der Waals surface area contributed by atoms with E-state index in [-0.39, 0.29) is 12.4 Å². The van der Waals surface area contributed by atoms with Gasteiger partial charge in [0.05, 0.1) is 18.6 Å². The second-order valence-electron chi connectivity index (χ2n) is 5.61. The lowest BCUT2D eigenvalue weighted by atomic mass is 10.2. The molecule has 1 amide bonds. The molecule has 138 valence electrons. The van der Waals surface area contributed by atoms with Crippen molar-refractivity contribution in [1.82, 2.24) is 0 Å². The molecule has 2 aromatic rings. The van der Waals surface area contributed by atoms with Crippen LogP contribution in [-0.4, -0.2) is 31.3 Å². The van der Waals surface area contributed by atoms with Crippen LogP contribution in [0.25, 0.3) is 0 Å². The van der Waals surface area contributed by atoms with E-state index in [0.29, 0.717) is 16.5 Å². The molecule has 0 aliphatic heterocycles. The molecule has 0 aromatic heterocycles. The van der Waals surface area contributed by atoms with Crippen LogP contribution in [0.5, 0.6) is 5.75 Å². The second-order valence-corrected chi connectivity index (χ2v) is 7.06. The van der Waals surface area contributed by atoms with Crippen molar-refractivity contribution in [2.24, 2.45) is 0 Å². The van der Waals surface area contributed by atoms with Crippen LogP contribution in [0.4, 0.5) is 5.69 Å². The molecule has 0 saturated heterocycles. The van der Waals surface area contributed by atoms with Crippen LogP contribution in [0.3, 0.4) is 0 Å². The third kappa shape index (κ3) is 5.97. The summed E-state index contributed by atoms with van der Waals surface area (Å²) in [7, 11) is 1.49. The number of ether oxygens (including phenoxy) is 2. The minimum Gasteiger partial charge on any atom is -0.495 e. The number of hydrogen-bond acceptors (Lipinski definition) is 5. The van der Waals surface area contributed by atoms with Gasteiger partial charge in [-0.2, -0.15) is 0 Å². The van der Waals surface area contributed by atoms with Crippen LogP contribution in [-0.2, 0) is 14.3 Å². The van der Waals surface area contributed by atoms with E-state index in [1.165, 1.54) is 24.4 Å². The number of carbonyl (C=O) groups is 2. The Hall–Kier alpha value is -2.18. The van der Waals surface area contributed by atoms with E-state index in [0.717, 1.165) is 10.5 Å². The molecule has 0 radical (unpaired) electrons. The number of aryl methyl sites for hydroxylation is 2. The van der Waals surface area contributed by atoms with Crippen molar-refractivity contribution in [3.05, 3.63) is 52.5 Å². The van der Waals surface area contributed by atoms with Crippen LogP contribution in [0, 0.1) is 13.8 Å². The third-order valence-corrected chi connectivity index (χ3v) is 4.86. The topological polar surface area (TPSA) is 64.6 Å². The molecule has 5 nitrogen and oxygen atoms in total. The highest BCUT2D eigenvalue weighted by Gasteiger charge is 2.12. The number of esters is 1. The summed E-state index contributed by atoms with van der Waals surface area (Å²) in [5.41, 5.74) is 2.70. The number of anilines is 1. The minimum absolute atomic E-state index is 0.137. The van der Waals surface area contributed by atoms with E-state index < -0.39 is 11.9 Å². The number of methoxy groups -OCH3 is 1. The van der Waals surface area contributed by atoms with Crippen LogP contribution in [0.15, 0.2) is 41.3 Å². The largest absolute Gasteiger partial charge is 0.495 e. The lowest BCUT2D eigenvalue weighted by molar-refractivity contribution is -0.144. The molecule has 2 aromatic carbocycles. The van der Waals surface area contributed by atoms with Gasteiger partial charge in [0.2, 0.25) is 0 Å². The maximum absolute atomic E-state index is 12.0. The molecule has 0 heterocycles. The van der Waals surface area contributed by atoms with E-state index in [1.807, 2.05) is 26.0 Å². The van der Waals surface area contributed by atoms with Crippen molar-refractivity contribution in [3.8, 4) is 5.75 Å². The molecule has 0 fully saturated rings. The zero-order valence-electron chi connectivity index (χ0n) is 14.8. The van der Waals surface area contributed by atoms with Gasteiger partial charge in [0.15, 0.2) is 6.61 Å². The summed E-state index contributed by atoms with van der Waals surface area (Å²) < 4.78 is 10.2. The standard InChI is InChI=1S/C19H20ClNO4S/c1-12-4-7-17(13(2)8-12)26-11-19(23)25-10-18(22)21-15-9-14(20)5-6-16(15)24-3/h4-9H,10-11H2,1-3H3,(H,21,22). The van der Waals surface area contributed by atoms with Crippen molar-refractivity contribution in [2.45, 2.75) is 18.7 Å². The van der Waals surface area contributed by atoms with E-state index in [4.69, 9.17) is 21.1 Å². The van der Waals surface area contributed by atoms with Crippen LogP contribution in [0.1, 0.15) is 11.1 Å². The number of thioether (sulfide) groups is 1. The van der Waals surface area contributed by atoms with Gasteiger partial charge in [0.25, 0.3) is 5.91 Å². The number of hydrogen-bond donors (Lipinski definition) is 1. The highest BCUT2D eigenvalue weighted by atomic mass is 35.5. The maximum Gasteiger partial charge on any atom is 0.316 e. The van der Waals surface area contributed by atoms with Gasteiger partial charge >= 0.3 is 5.97 Å². The smallest absolute Gasteiger partial charge is 0.316 e. The predicted molar refractivity (Wildman–Crippen MR) is 104 cm³/mol. The summed E-state index contributed by atoms with van der Waals surface area (Å²) in [6.07, 6.45) is 0. The number of carbonyl (C=O) groups excluding carboxylic acids is 2. The number of amides is 1. The van der Waals surface area contributed by atoms with Gasteiger partial charge in [-0.1, -0.05) is 29.3 Å². The molecule has 0 saturated carbocycles. The summed E-state index contributed by atoms with van der Waals surface area (Å²) in [5.74, 6) is -0.310. The Balaban J connectivity index is 1.81. The van der Waals surface area contributed by atoms with E-state index >= 15 is 0 Å². The van der Waals surface area contributed by atoms with Gasteiger partial charge in [-0.3, -0.25) is 9.59 Å². The number of halogens is 1. The summed E-state index contributed by atoms with van der Waals surface area (Å²) in [6.45, 7) is 3.64. The molecule has 0 atom stereocenters. The van der Waals surface area contributed by atoms with Crippen molar-refractivity contribution < 1.29 is 19.1 Å². The quantitative estimate of drug-likeness (QED) is 0.563. The average molecular weight is 394 g/mol. The van der Waals surface area contributed by atoms with E-state index in [1.54, 1.807) is 18.2 Å². The highest BCUT2D eigenvalue weighted by Crippen LogP contribution is 2.27. The first-order valence-electron chi connectivity index (χ1n) is 7.88. The fraction of sp³-hybridized carbons (Fsp3) is 0.263. The molecule has 2 rings (SSSR count). The lowest BCUT2D eigenvalue weighted by Gasteiger charge is -2.11. The Morgan fingerprint density at radius 3 is 2.62 bits per heavy atom. The van der Waals surface area contributed by atoms with Gasteiger partial charge in [0.1, 0.15) is 5.75 Å². The Bertz CT molecular complexity index is 810. The Kier molecular flexibility index (Phi) is 7.36. The van der Waals surface area contributed by atoms with Gasteiger partial charge < -0.3 is 14.8 Å². The van der Waals surface area contributed by atoms with Crippen molar-refractivity contribution >= 4 is 40.9 Å². The highest BCUT2D eigenvalue weighted by molar-refractivity contribution is 8.00. The Morgan fingerprint density at radius 2 is 1.92 bits per heavy atom. The first-order chi connectivity index (χ1) is 12.4. The number of rotatable bonds is 7.